The van der Waals surface area contributed by atoms with Crippen LogP contribution in [0.4, 0.5) is 5.69 Å². The van der Waals surface area contributed by atoms with Crippen LogP contribution in [0.2, 0.25) is 0 Å². The molecule has 1 aliphatic heterocycles. The summed E-state index contributed by atoms with van der Waals surface area (Å²) in [5.74, 6) is 0.396. The van der Waals surface area contributed by atoms with Crippen molar-refractivity contribution < 1.29 is 9.53 Å². The van der Waals surface area contributed by atoms with E-state index in [2.05, 4.69) is 61.3 Å². The second-order valence-corrected chi connectivity index (χ2v) is 8.03. The van der Waals surface area contributed by atoms with Gasteiger partial charge in [-0.1, -0.05) is 62.4 Å². The number of rotatable bonds is 8. The predicted molar refractivity (Wildman–Crippen MR) is 115 cm³/mol. The van der Waals surface area contributed by atoms with Crippen molar-refractivity contribution in [1.29, 1.82) is 0 Å². The molecule has 1 fully saturated rings. The fourth-order valence-electron chi connectivity index (χ4n) is 3.83. The molecule has 3 rings (SSSR count). The van der Waals surface area contributed by atoms with E-state index in [1.807, 2.05) is 18.2 Å². The quantitative estimate of drug-likeness (QED) is 0.719. The number of amides is 1. The van der Waals surface area contributed by atoms with Gasteiger partial charge < -0.3 is 10.1 Å². The zero-order chi connectivity index (χ0) is 19.9. The fourth-order valence-corrected chi connectivity index (χ4v) is 3.83. The first kappa shape index (κ1) is 20.6. The van der Waals surface area contributed by atoms with Gasteiger partial charge in [0, 0.05) is 25.4 Å². The molecule has 1 amide bonds. The molecule has 4 nitrogen and oxygen atoms in total. The minimum Gasteiger partial charge on any atom is -0.377 e. The summed E-state index contributed by atoms with van der Waals surface area (Å²) < 4.78 is 5.82. The van der Waals surface area contributed by atoms with Gasteiger partial charge >= 0.3 is 0 Å². The van der Waals surface area contributed by atoms with Crippen LogP contribution in [0, 0.1) is 6.92 Å². The third kappa shape index (κ3) is 5.66. The smallest absolute Gasteiger partial charge is 0.238 e. The van der Waals surface area contributed by atoms with Crippen molar-refractivity contribution in [2.24, 2.45) is 0 Å². The van der Waals surface area contributed by atoms with Crippen molar-refractivity contribution in [3.63, 3.8) is 0 Å². The highest BCUT2D eigenvalue weighted by molar-refractivity contribution is 5.93. The van der Waals surface area contributed by atoms with Crippen molar-refractivity contribution in [3.05, 3.63) is 65.2 Å². The molecule has 0 aromatic heterocycles. The average molecular weight is 381 g/mol. The Morgan fingerprint density at radius 2 is 1.96 bits per heavy atom. The molecule has 2 aromatic carbocycles. The molecule has 1 unspecified atom stereocenters. The highest BCUT2D eigenvalue weighted by Crippen LogP contribution is 2.27. The van der Waals surface area contributed by atoms with E-state index < -0.39 is 0 Å². The maximum Gasteiger partial charge on any atom is 0.238 e. The van der Waals surface area contributed by atoms with E-state index in [0.29, 0.717) is 12.5 Å². The molecule has 0 spiro atoms. The van der Waals surface area contributed by atoms with Gasteiger partial charge in [-0.2, -0.15) is 0 Å². The lowest BCUT2D eigenvalue weighted by Crippen LogP contribution is -2.38. The molecule has 150 valence electrons. The molecule has 1 heterocycles. The van der Waals surface area contributed by atoms with Crippen molar-refractivity contribution in [3.8, 4) is 0 Å². The molecule has 0 bridgehead atoms. The second kappa shape index (κ2) is 9.85. The summed E-state index contributed by atoms with van der Waals surface area (Å²) in [4.78, 5) is 15.1. The summed E-state index contributed by atoms with van der Waals surface area (Å²) in [5.41, 5.74) is 4.46. The maximum absolute atomic E-state index is 12.9. The van der Waals surface area contributed by atoms with Crippen LogP contribution < -0.4 is 5.32 Å². The van der Waals surface area contributed by atoms with Gasteiger partial charge in [-0.05, 0) is 42.4 Å². The largest absolute Gasteiger partial charge is 0.377 e. The Hall–Kier alpha value is -2.17. The molecular weight excluding hydrogens is 348 g/mol. The van der Waals surface area contributed by atoms with Gasteiger partial charge in [0.1, 0.15) is 0 Å². The van der Waals surface area contributed by atoms with E-state index in [0.717, 1.165) is 43.8 Å². The van der Waals surface area contributed by atoms with Crippen LogP contribution in [-0.4, -0.2) is 36.6 Å². The van der Waals surface area contributed by atoms with E-state index in [-0.39, 0.29) is 12.0 Å². The number of ether oxygens (including phenoxy) is 1. The van der Waals surface area contributed by atoms with E-state index in [9.17, 15) is 4.79 Å². The Morgan fingerprint density at radius 1 is 1.18 bits per heavy atom. The number of nitrogens with one attached hydrogen (secondary N) is 1. The summed E-state index contributed by atoms with van der Waals surface area (Å²) in [5, 5.41) is 3.18. The predicted octanol–water partition coefficient (Wildman–Crippen LogP) is 4.74. The van der Waals surface area contributed by atoms with Gasteiger partial charge in [0.15, 0.2) is 0 Å². The Labute approximate surface area is 168 Å². The molecule has 4 heteroatoms. The second-order valence-electron chi connectivity index (χ2n) is 8.03. The summed E-state index contributed by atoms with van der Waals surface area (Å²) in [7, 11) is 0. The van der Waals surface area contributed by atoms with E-state index >= 15 is 0 Å². The lowest BCUT2D eigenvalue weighted by molar-refractivity contribution is -0.117. The van der Waals surface area contributed by atoms with E-state index in [4.69, 9.17) is 4.74 Å². The monoisotopic (exact) mass is 380 g/mol. The van der Waals surface area contributed by atoms with Gasteiger partial charge in [0.2, 0.25) is 5.91 Å². The van der Waals surface area contributed by atoms with Gasteiger partial charge in [-0.3, -0.25) is 9.69 Å². The van der Waals surface area contributed by atoms with Gasteiger partial charge in [-0.25, -0.2) is 0 Å². The summed E-state index contributed by atoms with van der Waals surface area (Å²) in [6, 6.07) is 16.5. The van der Waals surface area contributed by atoms with Crippen molar-refractivity contribution >= 4 is 11.6 Å². The molecule has 1 N–H and O–H groups in total. The molecule has 2 aromatic rings. The molecule has 1 saturated heterocycles. The SMILES string of the molecule is Cc1cccc(C(C)C)c1NC(=O)CN(Cc1ccccc1)CC1CCCO1. The van der Waals surface area contributed by atoms with E-state index in [1.54, 1.807) is 0 Å². The number of aryl methyl sites for hydroxylation is 1. The summed E-state index contributed by atoms with van der Waals surface area (Å²) in [6.45, 7) is 9.09. The first-order valence-electron chi connectivity index (χ1n) is 10.3. The third-order valence-corrected chi connectivity index (χ3v) is 5.29. The lowest BCUT2D eigenvalue weighted by Gasteiger charge is -2.25. The molecule has 0 saturated carbocycles. The first-order valence-corrected chi connectivity index (χ1v) is 10.3. The topological polar surface area (TPSA) is 41.6 Å². The Bertz CT molecular complexity index is 767. The number of anilines is 1. The van der Waals surface area contributed by atoms with Crippen LogP contribution in [0.5, 0.6) is 0 Å². The lowest BCUT2D eigenvalue weighted by atomic mass is 9.98. The van der Waals surface area contributed by atoms with Crippen LogP contribution in [0.15, 0.2) is 48.5 Å². The van der Waals surface area contributed by atoms with Crippen LogP contribution >= 0.6 is 0 Å². The van der Waals surface area contributed by atoms with Gasteiger partial charge in [-0.15, -0.1) is 0 Å². The van der Waals surface area contributed by atoms with Crippen molar-refractivity contribution in [2.75, 3.05) is 25.0 Å². The number of carbonyl (C=O) groups excluding carboxylic acids is 1. The normalized spacial score (nSPS) is 16.7. The van der Waals surface area contributed by atoms with Gasteiger partial charge in [0.05, 0.1) is 12.6 Å². The summed E-state index contributed by atoms with van der Waals surface area (Å²) in [6.07, 6.45) is 2.40. The first-order chi connectivity index (χ1) is 13.5. The number of hydrogen-bond acceptors (Lipinski definition) is 3. The van der Waals surface area contributed by atoms with Crippen LogP contribution in [0.1, 0.15) is 49.3 Å². The standard InChI is InChI=1S/C24H32N2O2/c1-18(2)22-13-7-9-19(3)24(22)25-23(27)17-26(16-21-12-8-14-28-21)15-20-10-5-4-6-11-20/h4-7,9-11,13,18,21H,8,12,14-17H2,1-3H3,(H,25,27). The molecule has 1 aliphatic rings. The van der Waals surface area contributed by atoms with Crippen LogP contribution in [0.25, 0.3) is 0 Å². The zero-order valence-electron chi connectivity index (χ0n) is 17.3. The maximum atomic E-state index is 12.9. The Kier molecular flexibility index (Phi) is 7.24. The Balaban J connectivity index is 1.70. The minimum absolute atomic E-state index is 0.0325. The minimum atomic E-state index is 0.0325. The molecule has 28 heavy (non-hydrogen) atoms. The number of hydrogen-bond donors (Lipinski definition) is 1. The number of carbonyl (C=O) groups is 1. The number of nitrogens with zero attached hydrogens (tertiary/aromatic N) is 1. The summed E-state index contributed by atoms with van der Waals surface area (Å²) >= 11 is 0. The zero-order valence-corrected chi connectivity index (χ0v) is 17.3. The number of benzene rings is 2. The Morgan fingerprint density at radius 3 is 2.64 bits per heavy atom. The molecule has 0 aliphatic carbocycles. The number of para-hydroxylation sites is 1. The van der Waals surface area contributed by atoms with Crippen molar-refractivity contribution in [1.82, 2.24) is 4.90 Å². The van der Waals surface area contributed by atoms with Crippen LogP contribution in [-0.2, 0) is 16.1 Å². The highest BCUT2D eigenvalue weighted by atomic mass is 16.5. The molecular formula is C24H32N2O2. The highest BCUT2D eigenvalue weighted by Gasteiger charge is 2.22. The van der Waals surface area contributed by atoms with Gasteiger partial charge in [0.25, 0.3) is 0 Å². The van der Waals surface area contributed by atoms with Crippen LogP contribution in [0.3, 0.4) is 0 Å². The molecule has 1 atom stereocenters. The average Bonchev–Trinajstić information content (AvgIpc) is 3.17. The molecule has 0 radical (unpaired) electrons. The van der Waals surface area contributed by atoms with Crippen molar-refractivity contribution in [2.45, 2.75) is 52.2 Å². The van der Waals surface area contributed by atoms with E-state index in [1.165, 1.54) is 11.1 Å². The third-order valence-electron chi connectivity index (χ3n) is 5.29. The fraction of sp³-hybridized carbons (Fsp3) is 0.458.